The quantitative estimate of drug-likeness (QED) is 0.159. The first-order valence-electron chi connectivity index (χ1n) is 10.5. The highest BCUT2D eigenvalue weighted by molar-refractivity contribution is 8.01. The van der Waals surface area contributed by atoms with Gasteiger partial charge in [-0.05, 0) is 62.4 Å². The molecule has 1 heterocycles. The number of carbonyl (C=O) groups is 1. The standard InChI is InChI=1S/C24H22F5NO4S2/c1-5-33-22(31)24(28,29)36-19-11-17(32-4)18(10-13(19)2)34-12-20-14(3)30-21(35-20)15-6-8-16(9-7-15)23(25,26)27/h6-11H,5,12H2,1-4H3. The summed E-state index contributed by atoms with van der Waals surface area (Å²) in [6.45, 7) is 4.70. The highest BCUT2D eigenvalue weighted by Gasteiger charge is 2.42. The van der Waals surface area contributed by atoms with Gasteiger partial charge in [0, 0.05) is 10.5 Å². The Labute approximate surface area is 212 Å². The van der Waals surface area contributed by atoms with Crippen molar-refractivity contribution in [3.8, 4) is 22.1 Å². The molecule has 194 valence electrons. The number of benzene rings is 2. The molecule has 0 saturated carbocycles. The molecule has 3 aromatic rings. The van der Waals surface area contributed by atoms with E-state index in [1.165, 1.54) is 49.6 Å². The SMILES string of the molecule is CCOC(=O)C(F)(F)Sc1cc(OC)c(OCc2sc(-c3ccc(C(F)(F)F)cc3)nc2C)cc1C. The summed E-state index contributed by atoms with van der Waals surface area (Å²) < 4.78 is 82.4. The number of aromatic nitrogens is 1. The van der Waals surface area contributed by atoms with Gasteiger partial charge in [-0.25, -0.2) is 9.78 Å². The zero-order chi connectivity index (χ0) is 26.7. The second-order valence-corrected chi connectivity index (χ2v) is 9.74. The first-order chi connectivity index (χ1) is 16.9. The summed E-state index contributed by atoms with van der Waals surface area (Å²) in [5.41, 5.74) is 0.880. The normalized spacial score (nSPS) is 11.9. The number of hydrogen-bond donors (Lipinski definition) is 0. The Hall–Kier alpha value is -2.86. The number of carbonyl (C=O) groups excluding carboxylic acids is 1. The largest absolute Gasteiger partial charge is 0.493 e. The topological polar surface area (TPSA) is 57.7 Å². The molecular formula is C24H22F5NO4S2. The Morgan fingerprint density at radius 1 is 1.06 bits per heavy atom. The number of alkyl halides is 5. The average Bonchev–Trinajstić information content (AvgIpc) is 3.19. The van der Waals surface area contributed by atoms with Crippen LogP contribution in [0.25, 0.3) is 10.6 Å². The number of esters is 1. The minimum Gasteiger partial charge on any atom is -0.493 e. The Morgan fingerprint density at radius 2 is 1.72 bits per heavy atom. The third kappa shape index (κ3) is 6.47. The molecule has 0 aliphatic carbocycles. The van der Waals surface area contributed by atoms with Gasteiger partial charge >= 0.3 is 17.4 Å². The molecule has 5 nitrogen and oxygen atoms in total. The lowest BCUT2D eigenvalue weighted by Gasteiger charge is -2.17. The van der Waals surface area contributed by atoms with Crippen LogP contribution in [0.2, 0.25) is 0 Å². The molecule has 0 aliphatic rings. The van der Waals surface area contributed by atoms with Crippen molar-refractivity contribution < 1.29 is 41.0 Å². The molecule has 0 radical (unpaired) electrons. The van der Waals surface area contributed by atoms with Gasteiger partial charge in [-0.3, -0.25) is 0 Å². The van der Waals surface area contributed by atoms with E-state index in [9.17, 15) is 26.7 Å². The maximum Gasteiger partial charge on any atom is 0.416 e. The van der Waals surface area contributed by atoms with Crippen LogP contribution in [0, 0.1) is 13.8 Å². The minimum absolute atomic E-state index is 0.0573. The maximum atomic E-state index is 14.2. The second kappa shape index (κ2) is 11.0. The summed E-state index contributed by atoms with van der Waals surface area (Å²) in [4.78, 5) is 16.8. The molecule has 12 heteroatoms. The fourth-order valence-corrected chi connectivity index (χ4v) is 4.84. The fourth-order valence-electron chi connectivity index (χ4n) is 3.05. The lowest BCUT2D eigenvalue weighted by atomic mass is 10.1. The van der Waals surface area contributed by atoms with E-state index in [0.717, 1.165) is 17.0 Å². The van der Waals surface area contributed by atoms with Crippen molar-refractivity contribution in [2.24, 2.45) is 0 Å². The Balaban J connectivity index is 1.77. The van der Waals surface area contributed by atoms with Gasteiger partial charge in [0.15, 0.2) is 11.5 Å². The molecule has 0 aliphatic heterocycles. The Kier molecular flexibility index (Phi) is 8.50. The van der Waals surface area contributed by atoms with Crippen molar-refractivity contribution in [3.63, 3.8) is 0 Å². The summed E-state index contributed by atoms with van der Waals surface area (Å²) in [5, 5.41) is -3.24. The van der Waals surface area contributed by atoms with Crippen LogP contribution in [0.1, 0.15) is 28.6 Å². The van der Waals surface area contributed by atoms with Gasteiger partial charge < -0.3 is 14.2 Å². The van der Waals surface area contributed by atoms with Crippen LogP contribution in [0.3, 0.4) is 0 Å². The molecule has 2 aromatic carbocycles. The van der Waals surface area contributed by atoms with Crippen molar-refractivity contribution in [3.05, 3.63) is 58.1 Å². The van der Waals surface area contributed by atoms with Crippen LogP contribution < -0.4 is 9.47 Å². The summed E-state index contributed by atoms with van der Waals surface area (Å²) in [6, 6.07) is 7.61. The zero-order valence-electron chi connectivity index (χ0n) is 19.7. The van der Waals surface area contributed by atoms with Crippen LogP contribution in [-0.4, -0.2) is 29.9 Å². The monoisotopic (exact) mass is 547 g/mol. The van der Waals surface area contributed by atoms with Gasteiger partial charge in [-0.1, -0.05) is 12.1 Å². The minimum atomic E-state index is -4.42. The summed E-state index contributed by atoms with van der Waals surface area (Å²) in [6.07, 6.45) is -4.42. The van der Waals surface area contributed by atoms with Crippen molar-refractivity contribution in [2.45, 2.75) is 43.7 Å². The van der Waals surface area contributed by atoms with E-state index in [4.69, 9.17) is 9.47 Å². The summed E-state index contributed by atoms with van der Waals surface area (Å²) in [7, 11) is 1.36. The van der Waals surface area contributed by atoms with E-state index in [1.54, 1.807) is 13.8 Å². The molecular weight excluding hydrogens is 525 g/mol. The molecule has 0 unspecified atom stereocenters. The van der Waals surface area contributed by atoms with Crippen molar-refractivity contribution in [2.75, 3.05) is 13.7 Å². The van der Waals surface area contributed by atoms with E-state index in [1.807, 2.05) is 0 Å². The third-order valence-electron chi connectivity index (χ3n) is 4.92. The lowest BCUT2D eigenvalue weighted by molar-refractivity contribution is -0.159. The van der Waals surface area contributed by atoms with Crippen molar-refractivity contribution in [1.29, 1.82) is 0 Å². The van der Waals surface area contributed by atoms with Crippen LogP contribution in [-0.2, 0) is 22.3 Å². The van der Waals surface area contributed by atoms with Gasteiger partial charge in [-0.2, -0.15) is 22.0 Å². The van der Waals surface area contributed by atoms with Gasteiger partial charge in [0.25, 0.3) is 0 Å². The highest BCUT2D eigenvalue weighted by atomic mass is 32.2. The molecule has 1 aromatic heterocycles. The maximum absolute atomic E-state index is 14.2. The van der Waals surface area contributed by atoms with E-state index in [0.29, 0.717) is 27.6 Å². The van der Waals surface area contributed by atoms with E-state index in [-0.39, 0.29) is 35.6 Å². The molecule has 36 heavy (non-hydrogen) atoms. The molecule has 0 amide bonds. The van der Waals surface area contributed by atoms with E-state index < -0.39 is 23.0 Å². The molecule has 0 spiro atoms. The lowest BCUT2D eigenvalue weighted by Crippen LogP contribution is -2.27. The molecule has 0 fully saturated rings. The number of aryl methyl sites for hydroxylation is 2. The molecule has 3 rings (SSSR count). The number of ether oxygens (including phenoxy) is 3. The summed E-state index contributed by atoms with van der Waals surface area (Å²) in [5.74, 6) is -1.14. The molecule has 0 N–H and O–H groups in total. The predicted octanol–water partition coefficient (Wildman–Crippen LogP) is 7.28. The highest BCUT2D eigenvalue weighted by Crippen LogP contribution is 2.43. The predicted molar refractivity (Wildman–Crippen MR) is 127 cm³/mol. The van der Waals surface area contributed by atoms with Crippen molar-refractivity contribution >= 4 is 29.1 Å². The Morgan fingerprint density at radius 3 is 2.31 bits per heavy atom. The number of rotatable bonds is 9. The number of methoxy groups -OCH3 is 1. The Bertz CT molecular complexity index is 1230. The number of hydrogen-bond acceptors (Lipinski definition) is 7. The van der Waals surface area contributed by atoms with Gasteiger partial charge in [0.1, 0.15) is 11.6 Å². The fraction of sp³-hybridized carbons (Fsp3) is 0.333. The van der Waals surface area contributed by atoms with Gasteiger partial charge in [-0.15, -0.1) is 11.3 Å². The average molecular weight is 548 g/mol. The van der Waals surface area contributed by atoms with Gasteiger partial charge in [0.2, 0.25) is 0 Å². The molecule has 0 bridgehead atoms. The van der Waals surface area contributed by atoms with Crippen molar-refractivity contribution in [1.82, 2.24) is 4.98 Å². The van der Waals surface area contributed by atoms with Crippen LogP contribution in [0.4, 0.5) is 22.0 Å². The zero-order valence-corrected chi connectivity index (χ0v) is 21.3. The van der Waals surface area contributed by atoms with E-state index >= 15 is 0 Å². The molecule has 0 saturated heterocycles. The number of nitrogens with zero attached hydrogens (tertiary/aromatic N) is 1. The van der Waals surface area contributed by atoms with Crippen LogP contribution >= 0.6 is 23.1 Å². The first kappa shape index (κ1) is 27.7. The first-order valence-corrected chi connectivity index (χ1v) is 12.2. The number of halogens is 5. The third-order valence-corrected chi connectivity index (χ3v) is 7.19. The molecule has 0 atom stereocenters. The number of thiazole rings is 1. The van der Waals surface area contributed by atoms with Gasteiger partial charge in [0.05, 0.1) is 29.9 Å². The second-order valence-electron chi connectivity index (χ2n) is 7.50. The van der Waals surface area contributed by atoms with Crippen LogP contribution in [0.15, 0.2) is 41.3 Å². The smallest absolute Gasteiger partial charge is 0.416 e. The number of thioether (sulfide) groups is 1. The van der Waals surface area contributed by atoms with Crippen LogP contribution in [0.5, 0.6) is 11.5 Å². The van der Waals surface area contributed by atoms with E-state index in [2.05, 4.69) is 9.72 Å². The summed E-state index contributed by atoms with van der Waals surface area (Å²) >= 11 is 1.33.